The number of Topliss-reactive ketones (excluding diaryl/α,β-unsaturated/α-hetero) is 2. The van der Waals surface area contributed by atoms with Gasteiger partial charge >= 0.3 is 0 Å². The van der Waals surface area contributed by atoms with Crippen LogP contribution in [0.1, 0.15) is 49.4 Å². The Hall–Kier alpha value is -4.31. The number of amides is 1. The number of hydrogen-bond acceptors (Lipinski definition) is 9. The van der Waals surface area contributed by atoms with Gasteiger partial charge < -0.3 is 36.4 Å². The molecule has 1 amide bonds. The van der Waals surface area contributed by atoms with E-state index in [1.165, 1.54) is 5.56 Å². The molecule has 0 aliphatic heterocycles. The van der Waals surface area contributed by atoms with E-state index in [2.05, 4.69) is 38.2 Å². The minimum Gasteiger partial charge on any atom is -0.508 e. The standard InChI is InChI=1S/C32H36N3O7/c1-31(2,3)17-8-6-15(7-9-17)14-34-20-13-21(35(4)5)19-11-16-10-18-12-22(36)25(30(33)41)29(40)32(18,42)28(39)23(16)27(38)24(19)26(20)37/h6-9,12-13,16,18,34,37-38,40,42H,10-11,14H2,1-5H3,(H2,33,41)/t16-,18+,32+/m1/s1. The third-order valence-electron chi connectivity index (χ3n) is 8.63. The number of fused-ring (bicyclic) bond motifs is 3. The first kappa shape index (κ1) is 29.2. The van der Waals surface area contributed by atoms with E-state index in [1.54, 1.807) is 6.07 Å². The highest BCUT2D eigenvalue weighted by Crippen LogP contribution is 2.54. The maximum atomic E-state index is 13.8. The van der Waals surface area contributed by atoms with Gasteiger partial charge in [0.1, 0.15) is 22.8 Å². The lowest BCUT2D eigenvalue weighted by Crippen LogP contribution is -2.58. The second-order valence-electron chi connectivity index (χ2n) is 12.6. The van der Waals surface area contributed by atoms with E-state index in [1.807, 2.05) is 31.1 Å². The molecule has 3 aliphatic carbocycles. The normalized spacial score (nSPS) is 23.8. The number of benzene rings is 2. The van der Waals surface area contributed by atoms with Crippen molar-refractivity contribution in [1.29, 1.82) is 0 Å². The smallest absolute Gasteiger partial charge is 0.255 e. The first-order valence-corrected chi connectivity index (χ1v) is 13.8. The maximum absolute atomic E-state index is 13.8. The minimum atomic E-state index is -2.65. The van der Waals surface area contributed by atoms with E-state index in [4.69, 9.17) is 5.73 Å². The summed E-state index contributed by atoms with van der Waals surface area (Å²) in [6, 6.07) is 9.90. The average Bonchev–Trinajstić information content (AvgIpc) is 2.89. The number of rotatable bonds is 5. The number of carbonyl (C=O) groups is 3. The average molecular weight is 575 g/mol. The van der Waals surface area contributed by atoms with Crippen LogP contribution in [0.4, 0.5) is 11.4 Å². The topological polar surface area (TPSA) is 173 Å². The van der Waals surface area contributed by atoms with Gasteiger partial charge in [0.2, 0.25) is 5.78 Å². The molecule has 1 radical (unpaired) electrons. The Balaban J connectivity index is 1.57. The summed E-state index contributed by atoms with van der Waals surface area (Å²) in [7, 11) is 3.65. The zero-order valence-corrected chi connectivity index (χ0v) is 24.3. The molecule has 221 valence electrons. The number of primary amides is 1. The van der Waals surface area contributed by atoms with Crippen molar-refractivity contribution < 1.29 is 34.8 Å². The lowest BCUT2D eigenvalue weighted by molar-refractivity contribution is -0.144. The zero-order valence-electron chi connectivity index (χ0n) is 24.3. The van der Waals surface area contributed by atoms with Crippen LogP contribution in [0.15, 0.2) is 47.2 Å². The Labute approximate surface area is 244 Å². The Morgan fingerprint density at radius 2 is 1.76 bits per heavy atom. The van der Waals surface area contributed by atoms with Gasteiger partial charge in [0.05, 0.1) is 11.3 Å². The van der Waals surface area contributed by atoms with Crippen LogP contribution in [-0.4, -0.2) is 57.6 Å². The Bertz CT molecular complexity index is 1580. The fourth-order valence-corrected chi connectivity index (χ4v) is 6.32. The highest BCUT2D eigenvalue weighted by molar-refractivity contribution is 6.25. The van der Waals surface area contributed by atoms with Crippen molar-refractivity contribution >= 4 is 34.6 Å². The van der Waals surface area contributed by atoms with Crippen LogP contribution in [0.25, 0.3) is 5.76 Å². The molecule has 2 aromatic carbocycles. The van der Waals surface area contributed by atoms with Crippen molar-refractivity contribution in [3.63, 3.8) is 0 Å². The number of aliphatic hydroxyl groups excluding tert-OH is 2. The highest BCUT2D eigenvalue weighted by atomic mass is 16.3. The molecule has 3 aliphatic rings. The SMILES string of the molecule is CN(C)c1cc(NCc2ccc(C(C)(C)C)cc2)c(O)c2c1C[C@H]1C[C@H]3[CH]C(=O)C(C(N)=O)=C(O)[C@@]3(O)C(=O)C1=C2O. The summed E-state index contributed by atoms with van der Waals surface area (Å²) >= 11 is 0. The summed E-state index contributed by atoms with van der Waals surface area (Å²) in [5.74, 6) is -6.86. The molecule has 5 rings (SSSR count). The van der Waals surface area contributed by atoms with Crippen LogP contribution < -0.4 is 16.0 Å². The van der Waals surface area contributed by atoms with Gasteiger partial charge in [0.25, 0.3) is 5.91 Å². The highest BCUT2D eigenvalue weighted by Gasteiger charge is 2.60. The second kappa shape index (κ2) is 9.90. The third-order valence-corrected chi connectivity index (χ3v) is 8.63. The van der Waals surface area contributed by atoms with Crippen molar-refractivity contribution in [3.8, 4) is 5.75 Å². The molecule has 0 bridgehead atoms. The van der Waals surface area contributed by atoms with E-state index in [-0.39, 0.29) is 35.1 Å². The van der Waals surface area contributed by atoms with E-state index < -0.39 is 52.0 Å². The predicted octanol–water partition coefficient (Wildman–Crippen LogP) is 3.21. The van der Waals surface area contributed by atoms with Crippen LogP contribution in [0.3, 0.4) is 0 Å². The largest absolute Gasteiger partial charge is 0.508 e. The van der Waals surface area contributed by atoms with Gasteiger partial charge in [-0.1, -0.05) is 45.0 Å². The molecular weight excluding hydrogens is 538 g/mol. The molecule has 1 fully saturated rings. The number of hydrogen-bond donors (Lipinski definition) is 6. The molecule has 0 heterocycles. The Kier molecular flexibility index (Phi) is 6.88. The first-order valence-electron chi connectivity index (χ1n) is 13.8. The molecule has 10 heteroatoms. The van der Waals surface area contributed by atoms with Crippen LogP contribution >= 0.6 is 0 Å². The molecule has 0 saturated heterocycles. The van der Waals surface area contributed by atoms with Gasteiger partial charge in [0.15, 0.2) is 11.4 Å². The number of phenols is 1. The number of nitrogens with two attached hydrogens (primary N) is 1. The number of phenolic OH excluding ortho intramolecular Hbond substituents is 1. The van der Waals surface area contributed by atoms with Crippen molar-refractivity contribution in [3.05, 3.63) is 75.9 Å². The molecule has 3 atom stereocenters. The van der Waals surface area contributed by atoms with Gasteiger partial charge in [0, 0.05) is 44.2 Å². The van der Waals surface area contributed by atoms with Crippen LogP contribution in [-0.2, 0) is 32.8 Å². The van der Waals surface area contributed by atoms with Crippen molar-refractivity contribution in [2.45, 2.75) is 51.2 Å². The Morgan fingerprint density at radius 3 is 2.33 bits per heavy atom. The van der Waals surface area contributed by atoms with Crippen molar-refractivity contribution in [1.82, 2.24) is 0 Å². The quantitative estimate of drug-likeness (QED) is 0.231. The molecule has 7 N–H and O–H groups in total. The van der Waals surface area contributed by atoms with Gasteiger partial charge in [-0.25, -0.2) is 0 Å². The molecule has 10 nitrogen and oxygen atoms in total. The van der Waals surface area contributed by atoms with Gasteiger partial charge in [-0.05, 0) is 46.9 Å². The molecule has 1 saturated carbocycles. The van der Waals surface area contributed by atoms with E-state index in [9.17, 15) is 34.8 Å². The number of nitrogens with zero attached hydrogens (tertiary/aromatic N) is 1. The lowest BCUT2D eigenvalue weighted by Gasteiger charge is -2.46. The second-order valence-corrected chi connectivity index (χ2v) is 12.6. The van der Waals surface area contributed by atoms with Crippen LogP contribution in [0.2, 0.25) is 0 Å². The first-order chi connectivity index (χ1) is 19.6. The Morgan fingerprint density at radius 1 is 1.12 bits per heavy atom. The minimum absolute atomic E-state index is 0.00905. The van der Waals surface area contributed by atoms with Gasteiger partial charge in [-0.15, -0.1) is 0 Å². The molecule has 42 heavy (non-hydrogen) atoms. The summed E-state index contributed by atoms with van der Waals surface area (Å²) in [4.78, 5) is 40.0. The third kappa shape index (κ3) is 4.41. The number of anilines is 2. The molecule has 0 spiro atoms. The molecule has 0 aromatic heterocycles. The van der Waals surface area contributed by atoms with Gasteiger partial charge in [-0.2, -0.15) is 0 Å². The summed E-state index contributed by atoms with van der Waals surface area (Å²) in [5, 5.41) is 48.4. The van der Waals surface area contributed by atoms with E-state index >= 15 is 0 Å². The monoisotopic (exact) mass is 574 g/mol. The molecule has 2 aromatic rings. The number of nitrogens with one attached hydrogen (secondary N) is 1. The molecule has 0 unspecified atom stereocenters. The lowest BCUT2D eigenvalue weighted by atomic mass is 9.59. The van der Waals surface area contributed by atoms with E-state index in [0.29, 0.717) is 23.5 Å². The fraction of sp³-hybridized carbons (Fsp3) is 0.375. The van der Waals surface area contributed by atoms with E-state index in [0.717, 1.165) is 12.0 Å². The van der Waals surface area contributed by atoms with Gasteiger partial charge in [-0.3, -0.25) is 14.4 Å². The molecular formula is C32H36N3O7. The van der Waals surface area contributed by atoms with Crippen molar-refractivity contribution in [2.24, 2.45) is 17.6 Å². The summed E-state index contributed by atoms with van der Waals surface area (Å²) in [5.41, 5.74) is 5.40. The summed E-state index contributed by atoms with van der Waals surface area (Å²) < 4.78 is 0. The fourth-order valence-electron chi connectivity index (χ4n) is 6.32. The number of carbonyl (C=O) groups excluding carboxylic acids is 3. The zero-order chi connectivity index (χ0) is 30.9. The number of aromatic hydroxyl groups is 1. The number of ketones is 2. The van der Waals surface area contributed by atoms with Crippen LogP contribution in [0, 0.1) is 18.3 Å². The number of aliphatic hydroxyl groups is 3. The summed E-state index contributed by atoms with van der Waals surface area (Å²) in [6.07, 6.45) is 1.28. The maximum Gasteiger partial charge on any atom is 0.255 e. The van der Waals surface area contributed by atoms with Crippen molar-refractivity contribution in [2.75, 3.05) is 24.3 Å². The van der Waals surface area contributed by atoms with Crippen LogP contribution in [0.5, 0.6) is 5.75 Å². The predicted molar refractivity (Wildman–Crippen MR) is 158 cm³/mol. The summed E-state index contributed by atoms with van der Waals surface area (Å²) in [6.45, 7) is 6.78.